The fourth-order valence-corrected chi connectivity index (χ4v) is 5.04. The smallest absolute Gasteiger partial charge is 0.193 e. The van der Waals surface area contributed by atoms with Crippen molar-refractivity contribution in [2.75, 3.05) is 31.9 Å². The molecule has 0 unspecified atom stereocenters. The minimum absolute atomic E-state index is 0. The van der Waals surface area contributed by atoms with Gasteiger partial charge < -0.3 is 10.2 Å². The standard InChI is InChI=1S/C18H26BrN3O2S.HI/c1-2-20-17(22-12-10-18(14-22)8-3-9-18)21-11-13-25(23,24)16-6-4-15(19)5-7-16;/h4-7H,2-3,8-14H2,1H3,(H,20,21);1H. The Morgan fingerprint density at radius 1 is 1.27 bits per heavy atom. The van der Waals surface area contributed by atoms with Crippen LogP contribution in [0, 0.1) is 5.41 Å². The molecule has 1 aliphatic carbocycles. The van der Waals surface area contributed by atoms with Gasteiger partial charge in [-0.1, -0.05) is 22.4 Å². The Kier molecular flexibility index (Phi) is 7.79. The maximum absolute atomic E-state index is 12.4. The highest BCUT2D eigenvalue weighted by atomic mass is 127. The number of rotatable bonds is 5. The first-order valence-corrected chi connectivity index (χ1v) is 11.4. The number of aliphatic imine (C=N–C) groups is 1. The summed E-state index contributed by atoms with van der Waals surface area (Å²) >= 11 is 3.33. The van der Waals surface area contributed by atoms with Crippen molar-refractivity contribution in [3.63, 3.8) is 0 Å². The molecule has 1 spiro atoms. The van der Waals surface area contributed by atoms with E-state index < -0.39 is 9.84 Å². The molecule has 1 aromatic rings. The summed E-state index contributed by atoms with van der Waals surface area (Å²) in [5, 5.41) is 3.32. The molecule has 0 atom stereocenters. The van der Waals surface area contributed by atoms with Gasteiger partial charge in [-0.2, -0.15) is 0 Å². The van der Waals surface area contributed by atoms with E-state index in [1.165, 1.54) is 25.7 Å². The van der Waals surface area contributed by atoms with E-state index in [1.54, 1.807) is 24.3 Å². The van der Waals surface area contributed by atoms with Gasteiger partial charge in [-0.15, -0.1) is 24.0 Å². The highest BCUT2D eigenvalue weighted by molar-refractivity contribution is 14.0. The van der Waals surface area contributed by atoms with Crippen molar-refractivity contribution in [2.45, 2.75) is 37.5 Å². The average Bonchev–Trinajstić information content (AvgIpc) is 3.00. The third-order valence-electron chi connectivity index (χ3n) is 5.28. The molecule has 0 radical (unpaired) electrons. The molecule has 1 heterocycles. The lowest BCUT2D eigenvalue weighted by atomic mass is 9.68. The monoisotopic (exact) mass is 555 g/mol. The van der Waals surface area contributed by atoms with Crippen molar-refractivity contribution in [1.82, 2.24) is 10.2 Å². The summed E-state index contributed by atoms with van der Waals surface area (Å²) in [6.07, 6.45) is 5.21. The summed E-state index contributed by atoms with van der Waals surface area (Å²) in [5.74, 6) is 0.889. The summed E-state index contributed by atoms with van der Waals surface area (Å²) in [7, 11) is -3.30. The quantitative estimate of drug-likeness (QED) is 0.342. The predicted octanol–water partition coefficient (Wildman–Crippen LogP) is 3.68. The van der Waals surface area contributed by atoms with Gasteiger partial charge in [0.25, 0.3) is 0 Å². The van der Waals surface area contributed by atoms with Crippen LogP contribution in [0.2, 0.25) is 0 Å². The highest BCUT2D eigenvalue weighted by Crippen LogP contribution is 2.47. The average molecular weight is 556 g/mol. The van der Waals surface area contributed by atoms with Crippen LogP contribution in [0.5, 0.6) is 0 Å². The summed E-state index contributed by atoms with van der Waals surface area (Å²) < 4.78 is 25.8. The number of likely N-dealkylation sites (tertiary alicyclic amines) is 1. The van der Waals surface area contributed by atoms with Crippen LogP contribution in [0.25, 0.3) is 0 Å². The van der Waals surface area contributed by atoms with Gasteiger partial charge in [0.15, 0.2) is 15.8 Å². The van der Waals surface area contributed by atoms with Crippen molar-refractivity contribution in [1.29, 1.82) is 0 Å². The molecule has 8 heteroatoms. The molecular formula is C18H27BrIN3O2S. The second-order valence-corrected chi connectivity index (χ2v) is 10.1. The van der Waals surface area contributed by atoms with Crippen LogP contribution in [-0.4, -0.2) is 51.2 Å². The maximum Gasteiger partial charge on any atom is 0.193 e. The van der Waals surface area contributed by atoms with E-state index in [-0.39, 0.29) is 36.3 Å². The predicted molar refractivity (Wildman–Crippen MR) is 120 cm³/mol. The third kappa shape index (κ3) is 5.13. The minimum atomic E-state index is -3.30. The van der Waals surface area contributed by atoms with Crippen LogP contribution in [0.3, 0.4) is 0 Å². The number of hydrogen-bond donors (Lipinski definition) is 1. The number of nitrogens with zero attached hydrogens (tertiary/aromatic N) is 2. The second-order valence-electron chi connectivity index (χ2n) is 7.03. The fraction of sp³-hybridized carbons (Fsp3) is 0.611. The highest BCUT2D eigenvalue weighted by Gasteiger charge is 2.43. The van der Waals surface area contributed by atoms with E-state index in [0.717, 1.165) is 30.1 Å². The second kappa shape index (κ2) is 9.23. The molecule has 0 amide bonds. The molecule has 146 valence electrons. The van der Waals surface area contributed by atoms with Crippen molar-refractivity contribution in [3.05, 3.63) is 28.7 Å². The summed E-state index contributed by atoms with van der Waals surface area (Å²) in [5.41, 5.74) is 0.500. The number of hydrogen-bond acceptors (Lipinski definition) is 3. The van der Waals surface area contributed by atoms with Crippen LogP contribution in [0.15, 0.2) is 38.6 Å². The Labute approximate surface area is 182 Å². The molecule has 1 saturated heterocycles. The zero-order valence-electron chi connectivity index (χ0n) is 15.1. The molecule has 1 saturated carbocycles. The van der Waals surface area contributed by atoms with Crippen LogP contribution < -0.4 is 5.32 Å². The van der Waals surface area contributed by atoms with Gasteiger partial charge in [-0.25, -0.2) is 8.42 Å². The maximum atomic E-state index is 12.4. The topological polar surface area (TPSA) is 61.8 Å². The molecule has 0 aromatic heterocycles. The van der Waals surface area contributed by atoms with Gasteiger partial charge in [-0.05, 0) is 55.9 Å². The van der Waals surface area contributed by atoms with Gasteiger partial charge in [-0.3, -0.25) is 4.99 Å². The van der Waals surface area contributed by atoms with Crippen molar-refractivity contribution >= 4 is 55.7 Å². The molecule has 1 aromatic carbocycles. The van der Waals surface area contributed by atoms with Crippen LogP contribution in [-0.2, 0) is 9.84 Å². The molecule has 1 N–H and O–H groups in total. The van der Waals surface area contributed by atoms with Gasteiger partial charge in [0.05, 0.1) is 17.2 Å². The normalized spacial score (nSPS) is 19.2. The first kappa shape index (κ1) is 21.9. The largest absolute Gasteiger partial charge is 0.357 e. The molecule has 3 rings (SSSR count). The minimum Gasteiger partial charge on any atom is -0.357 e. The first-order valence-electron chi connectivity index (χ1n) is 8.96. The lowest BCUT2D eigenvalue weighted by Crippen LogP contribution is -2.42. The Balaban J connectivity index is 0.00000243. The van der Waals surface area contributed by atoms with Crippen molar-refractivity contribution in [3.8, 4) is 0 Å². The molecule has 1 aliphatic heterocycles. The zero-order chi connectivity index (χ0) is 17.9. The summed E-state index contributed by atoms with van der Waals surface area (Å²) in [4.78, 5) is 7.24. The number of sulfone groups is 1. The van der Waals surface area contributed by atoms with Gasteiger partial charge in [0, 0.05) is 24.1 Å². The van der Waals surface area contributed by atoms with E-state index in [0.29, 0.717) is 10.3 Å². The molecule has 0 bridgehead atoms. The Hall–Kier alpha value is -0.350. The number of benzene rings is 1. The van der Waals surface area contributed by atoms with E-state index in [9.17, 15) is 8.42 Å². The first-order chi connectivity index (χ1) is 11.9. The van der Waals surface area contributed by atoms with E-state index in [4.69, 9.17) is 0 Å². The van der Waals surface area contributed by atoms with Gasteiger partial charge in [0.1, 0.15) is 0 Å². The molecule has 5 nitrogen and oxygen atoms in total. The number of guanidine groups is 1. The Morgan fingerprint density at radius 2 is 1.96 bits per heavy atom. The van der Waals surface area contributed by atoms with Gasteiger partial charge in [0.2, 0.25) is 0 Å². The molecule has 2 fully saturated rings. The lowest BCUT2D eigenvalue weighted by molar-refractivity contribution is 0.151. The number of halogens is 2. The van der Waals surface area contributed by atoms with E-state index >= 15 is 0 Å². The fourth-order valence-electron chi connectivity index (χ4n) is 3.66. The van der Waals surface area contributed by atoms with Crippen LogP contribution >= 0.6 is 39.9 Å². The van der Waals surface area contributed by atoms with E-state index in [2.05, 4.69) is 31.1 Å². The van der Waals surface area contributed by atoms with E-state index in [1.807, 2.05) is 6.92 Å². The molecule has 26 heavy (non-hydrogen) atoms. The Bertz CT molecular complexity index is 733. The summed E-state index contributed by atoms with van der Waals surface area (Å²) in [6.45, 7) is 5.19. The zero-order valence-corrected chi connectivity index (χ0v) is 19.8. The lowest BCUT2D eigenvalue weighted by Gasteiger charge is -2.38. The molecule has 2 aliphatic rings. The van der Waals surface area contributed by atoms with Crippen molar-refractivity contribution in [2.24, 2.45) is 10.4 Å². The molecular weight excluding hydrogens is 529 g/mol. The van der Waals surface area contributed by atoms with Crippen molar-refractivity contribution < 1.29 is 8.42 Å². The third-order valence-corrected chi connectivity index (χ3v) is 7.52. The van der Waals surface area contributed by atoms with Crippen LogP contribution in [0.4, 0.5) is 0 Å². The van der Waals surface area contributed by atoms with Crippen LogP contribution in [0.1, 0.15) is 32.6 Å². The number of nitrogens with one attached hydrogen (secondary N) is 1. The van der Waals surface area contributed by atoms with Gasteiger partial charge >= 0.3 is 0 Å². The SMILES string of the molecule is CCNC(=NCCS(=O)(=O)c1ccc(Br)cc1)N1CCC2(CCC2)C1.I. The summed E-state index contributed by atoms with van der Waals surface area (Å²) in [6, 6.07) is 6.77. The Morgan fingerprint density at radius 3 is 2.50 bits per heavy atom.